The topological polar surface area (TPSA) is 55.9 Å². The molecule has 0 saturated heterocycles. The summed E-state index contributed by atoms with van der Waals surface area (Å²) in [5.41, 5.74) is 8.50. The molecule has 0 bridgehead atoms. The van der Waals surface area contributed by atoms with Crippen LogP contribution in [0.15, 0.2) is 22.7 Å². The van der Waals surface area contributed by atoms with Gasteiger partial charge in [0.25, 0.3) is 0 Å². The van der Waals surface area contributed by atoms with E-state index in [4.69, 9.17) is 17.3 Å². The maximum atomic E-state index is 6.07. The molecule has 1 heterocycles. The minimum Gasteiger partial charge on any atom is -0.394 e. The molecule has 0 spiro atoms. The molecule has 0 atom stereocenters. The Morgan fingerprint density at radius 1 is 1.47 bits per heavy atom. The van der Waals surface area contributed by atoms with E-state index in [2.05, 4.69) is 33.3 Å². The molecule has 0 aliphatic carbocycles. The number of nitrogens with one attached hydrogen (secondary N) is 1. The van der Waals surface area contributed by atoms with E-state index in [1.807, 2.05) is 29.8 Å². The Morgan fingerprint density at radius 2 is 2.21 bits per heavy atom. The summed E-state index contributed by atoms with van der Waals surface area (Å²) in [5, 5.41) is 8.41. The van der Waals surface area contributed by atoms with Gasteiger partial charge in [0.2, 0.25) is 0 Å². The third-order valence-electron chi connectivity index (χ3n) is 2.79. The van der Waals surface area contributed by atoms with Crippen molar-refractivity contribution in [2.24, 2.45) is 0 Å². The van der Waals surface area contributed by atoms with Crippen molar-refractivity contribution >= 4 is 44.7 Å². The normalized spacial score (nSPS) is 10.7. The first-order valence-corrected chi connectivity index (χ1v) is 7.25. The lowest BCUT2D eigenvalue weighted by atomic mass is 10.3. The van der Waals surface area contributed by atoms with Crippen molar-refractivity contribution in [3.63, 3.8) is 0 Å². The molecule has 0 radical (unpaired) electrons. The first-order chi connectivity index (χ1) is 9.02. The van der Waals surface area contributed by atoms with Crippen LogP contribution in [-0.2, 0) is 6.54 Å². The molecule has 0 aliphatic heterocycles. The number of nitrogens with zero attached hydrogens (tertiary/aromatic N) is 2. The SMILES string of the molecule is CCCn1nc(C)c(N)c1Nc1ccc(Cl)c(Br)c1. The van der Waals surface area contributed by atoms with E-state index < -0.39 is 0 Å². The number of anilines is 3. The lowest BCUT2D eigenvalue weighted by Crippen LogP contribution is -2.05. The summed E-state index contributed by atoms with van der Waals surface area (Å²) in [5.74, 6) is 0.827. The van der Waals surface area contributed by atoms with Crippen LogP contribution in [0.2, 0.25) is 5.02 Å². The summed E-state index contributed by atoms with van der Waals surface area (Å²) in [7, 11) is 0. The second kappa shape index (κ2) is 5.84. The van der Waals surface area contributed by atoms with Gasteiger partial charge in [-0.2, -0.15) is 5.10 Å². The molecule has 0 amide bonds. The van der Waals surface area contributed by atoms with Crippen LogP contribution >= 0.6 is 27.5 Å². The van der Waals surface area contributed by atoms with Crippen molar-refractivity contribution < 1.29 is 0 Å². The Kier molecular flexibility index (Phi) is 4.37. The third-order valence-corrected chi connectivity index (χ3v) is 4.01. The maximum Gasteiger partial charge on any atom is 0.152 e. The minimum absolute atomic E-state index is 0.678. The number of benzene rings is 1. The van der Waals surface area contributed by atoms with Gasteiger partial charge in [0, 0.05) is 16.7 Å². The van der Waals surface area contributed by atoms with Gasteiger partial charge in [-0.1, -0.05) is 18.5 Å². The molecule has 19 heavy (non-hydrogen) atoms. The molecular formula is C13H16BrClN4. The highest BCUT2D eigenvalue weighted by Crippen LogP contribution is 2.30. The van der Waals surface area contributed by atoms with Gasteiger partial charge in [0.1, 0.15) is 0 Å². The van der Waals surface area contributed by atoms with Gasteiger partial charge in [-0.15, -0.1) is 0 Å². The Bertz CT molecular complexity index is 595. The molecule has 0 fully saturated rings. The first-order valence-electron chi connectivity index (χ1n) is 6.08. The highest BCUT2D eigenvalue weighted by Gasteiger charge is 2.12. The van der Waals surface area contributed by atoms with E-state index in [1.54, 1.807) is 0 Å². The van der Waals surface area contributed by atoms with Crippen molar-refractivity contribution in [1.82, 2.24) is 9.78 Å². The number of rotatable bonds is 4. The smallest absolute Gasteiger partial charge is 0.152 e. The largest absolute Gasteiger partial charge is 0.394 e. The molecule has 3 N–H and O–H groups in total. The van der Waals surface area contributed by atoms with Crippen molar-refractivity contribution in [2.45, 2.75) is 26.8 Å². The second-order valence-corrected chi connectivity index (χ2v) is 5.59. The van der Waals surface area contributed by atoms with Crippen molar-refractivity contribution in [3.05, 3.63) is 33.4 Å². The van der Waals surface area contributed by atoms with Crippen LogP contribution in [-0.4, -0.2) is 9.78 Å². The van der Waals surface area contributed by atoms with Crippen LogP contribution in [0, 0.1) is 6.92 Å². The fraction of sp³-hybridized carbons (Fsp3) is 0.308. The Balaban J connectivity index is 2.34. The van der Waals surface area contributed by atoms with Crippen LogP contribution in [0.5, 0.6) is 0 Å². The molecule has 0 saturated carbocycles. The number of nitrogens with two attached hydrogens (primary N) is 1. The van der Waals surface area contributed by atoms with Crippen LogP contribution in [0.3, 0.4) is 0 Å². The van der Waals surface area contributed by atoms with Crippen molar-refractivity contribution in [1.29, 1.82) is 0 Å². The van der Waals surface area contributed by atoms with E-state index in [9.17, 15) is 0 Å². The molecular weight excluding hydrogens is 328 g/mol. The average molecular weight is 344 g/mol. The van der Waals surface area contributed by atoms with Crippen LogP contribution < -0.4 is 11.1 Å². The van der Waals surface area contributed by atoms with Gasteiger partial charge in [-0.3, -0.25) is 0 Å². The summed E-state index contributed by atoms with van der Waals surface area (Å²) in [6, 6.07) is 5.66. The standard InChI is InChI=1S/C13H16BrClN4/c1-3-6-19-13(12(16)8(2)18-19)17-9-4-5-11(15)10(14)7-9/h4-5,7,17H,3,6,16H2,1-2H3. The molecule has 1 aromatic carbocycles. The fourth-order valence-corrected chi connectivity index (χ4v) is 2.31. The Hall–Kier alpha value is -1.20. The number of aryl methyl sites for hydroxylation is 2. The van der Waals surface area contributed by atoms with E-state index >= 15 is 0 Å². The quantitative estimate of drug-likeness (QED) is 0.868. The molecule has 102 valence electrons. The summed E-state index contributed by atoms with van der Waals surface area (Å²) in [6.07, 6.45) is 1.000. The summed E-state index contributed by atoms with van der Waals surface area (Å²) in [6.45, 7) is 4.84. The molecule has 4 nitrogen and oxygen atoms in total. The summed E-state index contributed by atoms with van der Waals surface area (Å²) in [4.78, 5) is 0. The van der Waals surface area contributed by atoms with Crippen molar-refractivity contribution in [3.8, 4) is 0 Å². The van der Waals surface area contributed by atoms with Crippen LogP contribution in [0.25, 0.3) is 0 Å². The highest BCUT2D eigenvalue weighted by atomic mass is 79.9. The van der Waals surface area contributed by atoms with Crippen molar-refractivity contribution in [2.75, 3.05) is 11.1 Å². The average Bonchev–Trinajstić information content (AvgIpc) is 2.62. The van der Waals surface area contributed by atoms with Gasteiger partial charge in [0.05, 0.1) is 16.4 Å². The molecule has 2 rings (SSSR count). The zero-order valence-corrected chi connectivity index (χ0v) is 13.2. The number of hydrogen-bond donors (Lipinski definition) is 2. The van der Waals surface area contributed by atoms with E-state index in [0.717, 1.165) is 34.6 Å². The van der Waals surface area contributed by atoms with E-state index in [0.29, 0.717) is 10.7 Å². The van der Waals surface area contributed by atoms with Gasteiger partial charge in [-0.25, -0.2) is 4.68 Å². The van der Waals surface area contributed by atoms with Crippen LogP contribution in [0.4, 0.5) is 17.2 Å². The molecule has 0 aliphatic rings. The first kappa shape index (κ1) is 14.2. The summed E-state index contributed by atoms with van der Waals surface area (Å²) < 4.78 is 2.74. The maximum absolute atomic E-state index is 6.07. The monoisotopic (exact) mass is 342 g/mol. The molecule has 0 unspecified atom stereocenters. The fourth-order valence-electron chi connectivity index (χ4n) is 1.81. The number of hydrogen-bond acceptors (Lipinski definition) is 3. The lowest BCUT2D eigenvalue weighted by molar-refractivity contribution is 0.605. The molecule has 6 heteroatoms. The lowest BCUT2D eigenvalue weighted by Gasteiger charge is -2.10. The van der Waals surface area contributed by atoms with E-state index in [1.165, 1.54) is 0 Å². The predicted octanol–water partition coefficient (Wildman–Crippen LogP) is 4.34. The zero-order chi connectivity index (χ0) is 14.0. The number of halogens is 2. The summed E-state index contributed by atoms with van der Waals surface area (Å²) >= 11 is 9.39. The predicted molar refractivity (Wildman–Crippen MR) is 84.1 cm³/mol. The number of nitrogen functional groups attached to an aromatic ring is 1. The highest BCUT2D eigenvalue weighted by molar-refractivity contribution is 9.10. The van der Waals surface area contributed by atoms with Gasteiger partial charge < -0.3 is 11.1 Å². The number of aromatic nitrogens is 2. The van der Waals surface area contributed by atoms with Crippen LogP contribution in [0.1, 0.15) is 19.0 Å². The minimum atomic E-state index is 0.678. The van der Waals surface area contributed by atoms with E-state index in [-0.39, 0.29) is 0 Å². The third kappa shape index (κ3) is 3.04. The van der Waals surface area contributed by atoms with Gasteiger partial charge >= 0.3 is 0 Å². The molecule has 1 aromatic heterocycles. The van der Waals surface area contributed by atoms with Gasteiger partial charge in [-0.05, 0) is 47.5 Å². The Labute approximate surface area is 126 Å². The second-order valence-electron chi connectivity index (χ2n) is 4.32. The molecule has 2 aromatic rings. The van der Waals surface area contributed by atoms with Gasteiger partial charge in [0.15, 0.2) is 5.82 Å². The Morgan fingerprint density at radius 3 is 2.84 bits per heavy atom. The zero-order valence-electron chi connectivity index (χ0n) is 10.9.